The smallest absolute Gasteiger partial charge is 0.166 e. The van der Waals surface area contributed by atoms with Gasteiger partial charge in [0.2, 0.25) is 0 Å². The second-order valence-corrected chi connectivity index (χ2v) is 7.81. The summed E-state index contributed by atoms with van der Waals surface area (Å²) >= 11 is 3.51. The van der Waals surface area contributed by atoms with E-state index in [9.17, 15) is 0 Å². The summed E-state index contributed by atoms with van der Waals surface area (Å²) < 4.78 is 5.18. The summed E-state index contributed by atoms with van der Waals surface area (Å²) in [4.78, 5) is 4.93. The summed E-state index contributed by atoms with van der Waals surface area (Å²) in [6.45, 7) is 5.36. The number of hydrogen-bond acceptors (Lipinski definition) is 3. The van der Waals surface area contributed by atoms with Crippen LogP contribution in [0.25, 0.3) is 17.1 Å². The maximum absolute atomic E-state index is 4.93. The molecule has 6 heteroatoms. The van der Waals surface area contributed by atoms with Gasteiger partial charge in [0.15, 0.2) is 11.6 Å². The Labute approximate surface area is 162 Å². The second kappa shape index (κ2) is 7.35. The largest absolute Gasteiger partial charge is 0.269 e. The minimum Gasteiger partial charge on any atom is -0.269 e. The topological polar surface area (TPSA) is 48.5 Å². The first-order valence-electron chi connectivity index (χ1n) is 9.49. The van der Waals surface area contributed by atoms with Crippen molar-refractivity contribution in [2.24, 2.45) is 0 Å². The number of aryl methyl sites for hydroxylation is 1. The average Bonchev–Trinajstić information content (AvgIpc) is 3.28. The van der Waals surface area contributed by atoms with Crippen molar-refractivity contribution in [3.05, 3.63) is 46.5 Å². The van der Waals surface area contributed by atoms with Crippen molar-refractivity contribution in [1.82, 2.24) is 24.5 Å². The van der Waals surface area contributed by atoms with Crippen LogP contribution in [0.3, 0.4) is 0 Å². The monoisotopic (exact) mass is 413 g/mol. The molecule has 0 N–H and O–H groups in total. The van der Waals surface area contributed by atoms with Crippen LogP contribution in [0.2, 0.25) is 0 Å². The van der Waals surface area contributed by atoms with E-state index < -0.39 is 0 Å². The molecule has 4 rings (SSSR count). The van der Waals surface area contributed by atoms with Gasteiger partial charge in [0.25, 0.3) is 0 Å². The van der Waals surface area contributed by atoms with Crippen molar-refractivity contribution >= 4 is 15.9 Å². The molecule has 0 bridgehead atoms. The first-order chi connectivity index (χ1) is 12.7. The first-order valence-corrected chi connectivity index (χ1v) is 10.3. The average molecular weight is 414 g/mol. The lowest BCUT2D eigenvalue weighted by atomic mass is 10.2. The Bertz CT molecular complexity index is 890. The van der Waals surface area contributed by atoms with Gasteiger partial charge in [-0.3, -0.25) is 4.68 Å². The van der Waals surface area contributed by atoms with E-state index in [0.717, 1.165) is 46.8 Å². The van der Waals surface area contributed by atoms with Gasteiger partial charge in [0.05, 0.1) is 17.4 Å². The van der Waals surface area contributed by atoms with E-state index in [0.29, 0.717) is 5.92 Å². The molecule has 3 aromatic rings. The standard InChI is InChI=1S/C20H24BrN5/c1-3-5-12-25-18(4-2)17(13-22-25)20-23-19(14-6-7-14)24-26(20)16-10-8-15(21)9-11-16/h8-11,13-14H,3-7,12H2,1-2H3. The minimum atomic E-state index is 0.519. The van der Waals surface area contributed by atoms with Gasteiger partial charge >= 0.3 is 0 Å². The molecule has 26 heavy (non-hydrogen) atoms. The highest BCUT2D eigenvalue weighted by atomic mass is 79.9. The molecule has 1 saturated carbocycles. The maximum atomic E-state index is 4.93. The van der Waals surface area contributed by atoms with Crippen LogP contribution in [-0.2, 0) is 13.0 Å². The van der Waals surface area contributed by atoms with Crippen LogP contribution < -0.4 is 0 Å². The molecule has 0 aliphatic heterocycles. The lowest BCUT2D eigenvalue weighted by Gasteiger charge is -2.08. The van der Waals surface area contributed by atoms with Crippen LogP contribution in [0.5, 0.6) is 0 Å². The fourth-order valence-corrected chi connectivity index (χ4v) is 3.51. The molecule has 0 spiro atoms. The number of rotatable bonds is 7. The molecule has 0 unspecified atom stereocenters. The van der Waals surface area contributed by atoms with Crippen LogP contribution in [0.4, 0.5) is 0 Å². The number of halogens is 1. The highest BCUT2D eigenvalue weighted by Crippen LogP contribution is 2.39. The summed E-state index contributed by atoms with van der Waals surface area (Å²) in [6, 6.07) is 8.24. The lowest BCUT2D eigenvalue weighted by molar-refractivity contribution is 0.551. The van der Waals surface area contributed by atoms with E-state index in [1.165, 1.54) is 25.0 Å². The van der Waals surface area contributed by atoms with Crippen molar-refractivity contribution in [3.63, 3.8) is 0 Å². The third kappa shape index (κ3) is 3.34. The van der Waals surface area contributed by atoms with Crippen molar-refractivity contribution in [2.45, 2.75) is 58.4 Å². The Kier molecular flexibility index (Phi) is 4.94. The highest BCUT2D eigenvalue weighted by molar-refractivity contribution is 9.10. The van der Waals surface area contributed by atoms with Crippen LogP contribution in [0.15, 0.2) is 34.9 Å². The maximum Gasteiger partial charge on any atom is 0.166 e. The molecule has 1 aliphatic carbocycles. The van der Waals surface area contributed by atoms with E-state index in [4.69, 9.17) is 10.1 Å². The molecule has 2 aromatic heterocycles. The van der Waals surface area contributed by atoms with E-state index in [-0.39, 0.29) is 0 Å². The van der Waals surface area contributed by atoms with Crippen molar-refractivity contribution in [1.29, 1.82) is 0 Å². The molecule has 5 nitrogen and oxygen atoms in total. The number of unbranched alkanes of at least 4 members (excludes halogenated alkanes) is 1. The minimum absolute atomic E-state index is 0.519. The Morgan fingerprint density at radius 1 is 1.15 bits per heavy atom. The fraction of sp³-hybridized carbons (Fsp3) is 0.450. The zero-order valence-electron chi connectivity index (χ0n) is 15.3. The van der Waals surface area contributed by atoms with Gasteiger partial charge in [-0.25, -0.2) is 9.67 Å². The third-order valence-electron chi connectivity index (χ3n) is 4.89. The van der Waals surface area contributed by atoms with E-state index >= 15 is 0 Å². The first kappa shape index (κ1) is 17.5. The van der Waals surface area contributed by atoms with Crippen molar-refractivity contribution in [2.75, 3.05) is 0 Å². The molecule has 0 amide bonds. The molecule has 1 aromatic carbocycles. The summed E-state index contributed by atoms with van der Waals surface area (Å²) in [6.07, 6.45) is 7.59. The Hall–Kier alpha value is -1.95. The molecule has 1 aliphatic rings. The highest BCUT2D eigenvalue weighted by Gasteiger charge is 2.30. The van der Waals surface area contributed by atoms with Gasteiger partial charge in [0.1, 0.15) is 0 Å². The Balaban J connectivity index is 1.80. The number of benzene rings is 1. The van der Waals surface area contributed by atoms with Crippen LogP contribution in [0.1, 0.15) is 57.0 Å². The summed E-state index contributed by atoms with van der Waals surface area (Å²) in [5.41, 5.74) is 3.38. The van der Waals surface area contributed by atoms with Gasteiger partial charge in [-0.2, -0.15) is 10.2 Å². The van der Waals surface area contributed by atoms with Crippen LogP contribution in [0, 0.1) is 0 Å². The third-order valence-corrected chi connectivity index (χ3v) is 5.41. The molecule has 2 heterocycles. The number of hydrogen-bond donors (Lipinski definition) is 0. The summed E-state index contributed by atoms with van der Waals surface area (Å²) in [5.74, 6) is 2.39. The fourth-order valence-electron chi connectivity index (χ4n) is 3.25. The normalized spacial score (nSPS) is 14.1. The summed E-state index contributed by atoms with van der Waals surface area (Å²) in [7, 11) is 0. The van der Waals surface area contributed by atoms with E-state index in [2.05, 4.69) is 51.7 Å². The van der Waals surface area contributed by atoms with Gasteiger partial charge in [-0.15, -0.1) is 0 Å². The second-order valence-electron chi connectivity index (χ2n) is 6.89. The quantitative estimate of drug-likeness (QED) is 0.538. The summed E-state index contributed by atoms with van der Waals surface area (Å²) in [5, 5.41) is 9.50. The molecular formula is C20H24BrN5. The SMILES string of the molecule is CCCCn1ncc(-c2nc(C3CC3)nn2-c2ccc(Br)cc2)c1CC. The van der Waals surface area contributed by atoms with Gasteiger partial charge in [-0.05, 0) is 49.9 Å². The predicted octanol–water partition coefficient (Wildman–Crippen LogP) is 5.13. The van der Waals surface area contributed by atoms with Gasteiger partial charge < -0.3 is 0 Å². The zero-order chi connectivity index (χ0) is 18.1. The van der Waals surface area contributed by atoms with E-state index in [1.54, 1.807) is 0 Å². The van der Waals surface area contributed by atoms with Gasteiger partial charge in [-0.1, -0.05) is 36.2 Å². The number of aromatic nitrogens is 5. The van der Waals surface area contributed by atoms with E-state index in [1.807, 2.05) is 23.0 Å². The van der Waals surface area contributed by atoms with Crippen molar-refractivity contribution < 1.29 is 0 Å². The Morgan fingerprint density at radius 2 is 1.92 bits per heavy atom. The predicted molar refractivity (Wildman–Crippen MR) is 107 cm³/mol. The Morgan fingerprint density at radius 3 is 2.58 bits per heavy atom. The molecule has 0 radical (unpaired) electrons. The van der Waals surface area contributed by atoms with Gasteiger partial charge in [0, 0.05) is 22.6 Å². The zero-order valence-corrected chi connectivity index (χ0v) is 16.9. The molecule has 0 atom stereocenters. The molecule has 1 fully saturated rings. The molecular weight excluding hydrogens is 390 g/mol. The van der Waals surface area contributed by atoms with Crippen LogP contribution >= 0.6 is 15.9 Å². The van der Waals surface area contributed by atoms with Crippen molar-refractivity contribution in [3.8, 4) is 17.1 Å². The van der Waals surface area contributed by atoms with Crippen LogP contribution in [-0.4, -0.2) is 24.5 Å². The molecule has 136 valence electrons. The lowest BCUT2D eigenvalue weighted by Crippen LogP contribution is -2.06. The molecule has 0 saturated heterocycles. The number of nitrogens with zero attached hydrogens (tertiary/aromatic N) is 5.